The minimum Gasteiger partial charge on any atom is -0.488 e. The first-order valence-corrected chi connectivity index (χ1v) is 5.71. The fraction of sp³-hybridized carbons (Fsp3) is 0.0714. The number of aromatic carboxylic acids is 1. The van der Waals surface area contributed by atoms with E-state index >= 15 is 0 Å². The Morgan fingerprint density at radius 2 is 2.20 bits per heavy atom. The summed E-state index contributed by atoms with van der Waals surface area (Å²) in [5, 5.41) is 17.8. The maximum Gasteiger partial charge on any atom is 0.339 e. The number of pyridine rings is 1. The van der Waals surface area contributed by atoms with E-state index in [0.29, 0.717) is 5.69 Å². The molecule has 0 bridgehead atoms. The molecule has 0 unspecified atom stereocenters. The molecule has 6 heteroatoms. The van der Waals surface area contributed by atoms with Crippen molar-refractivity contribution >= 4 is 11.7 Å². The Kier molecular flexibility index (Phi) is 3.82. The number of anilines is 1. The number of benzene rings is 1. The minimum atomic E-state index is -1.09. The van der Waals surface area contributed by atoms with Gasteiger partial charge in [0.15, 0.2) is 0 Å². The van der Waals surface area contributed by atoms with Gasteiger partial charge in [-0.2, -0.15) is 5.26 Å². The molecule has 0 saturated heterocycles. The molecule has 0 aliphatic carbocycles. The summed E-state index contributed by atoms with van der Waals surface area (Å²) in [6, 6.07) is 9.53. The van der Waals surface area contributed by atoms with Crippen LogP contribution in [0.1, 0.15) is 21.6 Å². The molecule has 2 rings (SSSR count). The van der Waals surface area contributed by atoms with Crippen molar-refractivity contribution in [2.75, 3.05) is 5.73 Å². The first-order chi connectivity index (χ1) is 9.60. The Morgan fingerprint density at radius 3 is 2.90 bits per heavy atom. The lowest BCUT2D eigenvalue weighted by Gasteiger charge is -2.10. The van der Waals surface area contributed by atoms with Crippen LogP contribution in [0, 0.1) is 11.3 Å². The number of aromatic nitrogens is 1. The van der Waals surface area contributed by atoms with Gasteiger partial charge < -0.3 is 15.6 Å². The predicted molar refractivity (Wildman–Crippen MR) is 71.1 cm³/mol. The molecule has 3 N–H and O–H groups in total. The fourth-order valence-corrected chi connectivity index (χ4v) is 1.62. The van der Waals surface area contributed by atoms with Crippen LogP contribution in [0.15, 0.2) is 36.5 Å². The smallest absolute Gasteiger partial charge is 0.339 e. The topological polar surface area (TPSA) is 109 Å². The summed E-state index contributed by atoms with van der Waals surface area (Å²) in [4.78, 5) is 14.9. The Labute approximate surface area is 115 Å². The number of ether oxygens (including phenoxy) is 1. The quantitative estimate of drug-likeness (QED) is 0.819. The summed E-state index contributed by atoms with van der Waals surface area (Å²) in [7, 11) is 0. The standard InChI is InChI=1S/C14H11N3O3/c15-7-11-5-9(3-4-17-11)8-20-13-6-10(16)1-2-12(13)14(18)19/h1-6H,8,16H2,(H,18,19). The molecule has 6 nitrogen and oxygen atoms in total. The number of hydrogen-bond acceptors (Lipinski definition) is 5. The van der Waals surface area contributed by atoms with Gasteiger partial charge in [-0.15, -0.1) is 0 Å². The highest BCUT2D eigenvalue weighted by atomic mass is 16.5. The molecule has 0 aliphatic rings. The molecule has 0 amide bonds. The van der Waals surface area contributed by atoms with Gasteiger partial charge in [-0.05, 0) is 29.8 Å². The number of carboxylic acids is 1. The van der Waals surface area contributed by atoms with Gasteiger partial charge in [-0.25, -0.2) is 9.78 Å². The lowest BCUT2D eigenvalue weighted by atomic mass is 10.2. The van der Waals surface area contributed by atoms with E-state index in [1.165, 1.54) is 24.4 Å². The monoisotopic (exact) mass is 269 g/mol. The van der Waals surface area contributed by atoms with E-state index in [-0.39, 0.29) is 23.6 Å². The van der Waals surface area contributed by atoms with Gasteiger partial charge in [-0.1, -0.05) is 0 Å². The van der Waals surface area contributed by atoms with Gasteiger partial charge in [-0.3, -0.25) is 0 Å². The largest absolute Gasteiger partial charge is 0.488 e. The lowest BCUT2D eigenvalue weighted by molar-refractivity contribution is 0.0692. The SMILES string of the molecule is N#Cc1cc(COc2cc(N)ccc2C(=O)O)ccn1. The summed E-state index contributed by atoms with van der Waals surface area (Å²) >= 11 is 0. The van der Waals surface area contributed by atoms with Crippen LogP contribution < -0.4 is 10.5 Å². The molecule has 1 heterocycles. The molecule has 100 valence electrons. The van der Waals surface area contributed by atoms with Crippen molar-refractivity contribution in [3.05, 3.63) is 53.3 Å². The highest BCUT2D eigenvalue weighted by Gasteiger charge is 2.11. The Bertz CT molecular complexity index is 692. The van der Waals surface area contributed by atoms with E-state index in [1.54, 1.807) is 12.1 Å². The van der Waals surface area contributed by atoms with Crippen LogP contribution in [-0.4, -0.2) is 16.1 Å². The van der Waals surface area contributed by atoms with Gasteiger partial charge in [0.25, 0.3) is 0 Å². The summed E-state index contributed by atoms with van der Waals surface area (Å²) < 4.78 is 5.47. The molecule has 0 radical (unpaired) electrons. The van der Waals surface area contributed by atoms with Crippen LogP contribution >= 0.6 is 0 Å². The van der Waals surface area contributed by atoms with E-state index in [9.17, 15) is 4.79 Å². The second-order valence-electron chi connectivity index (χ2n) is 4.01. The number of nitrogens with zero attached hydrogens (tertiary/aromatic N) is 2. The third-order valence-corrected chi connectivity index (χ3v) is 2.57. The highest BCUT2D eigenvalue weighted by molar-refractivity contribution is 5.91. The molecule has 2 aromatic rings. The highest BCUT2D eigenvalue weighted by Crippen LogP contribution is 2.23. The molecule has 1 aromatic heterocycles. The van der Waals surface area contributed by atoms with Gasteiger partial charge in [0.1, 0.15) is 29.7 Å². The number of nitrogen functional groups attached to an aromatic ring is 1. The van der Waals surface area contributed by atoms with Crippen LogP contribution in [0.2, 0.25) is 0 Å². The number of carbonyl (C=O) groups is 1. The van der Waals surface area contributed by atoms with Crippen molar-refractivity contribution in [1.29, 1.82) is 5.26 Å². The van der Waals surface area contributed by atoms with E-state index in [0.717, 1.165) is 5.56 Å². The Hall–Kier alpha value is -3.07. The molecule has 0 fully saturated rings. The normalized spacial score (nSPS) is 9.75. The molecule has 0 atom stereocenters. The van der Waals surface area contributed by atoms with Gasteiger partial charge in [0.2, 0.25) is 0 Å². The van der Waals surface area contributed by atoms with E-state index in [2.05, 4.69) is 4.98 Å². The van der Waals surface area contributed by atoms with Crippen LogP contribution in [0.3, 0.4) is 0 Å². The third kappa shape index (κ3) is 3.03. The van der Waals surface area contributed by atoms with Crippen molar-refractivity contribution < 1.29 is 14.6 Å². The third-order valence-electron chi connectivity index (χ3n) is 2.57. The van der Waals surface area contributed by atoms with Crippen LogP contribution in [-0.2, 0) is 6.61 Å². The molecule has 0 spiro atoms. The second-order valence-corrected chi connectivity index (χ2v) is 4.01. The summed E-state index contributed by atoms with van der Waals surface area (Å²) in [6.45, 7) is 0.126. The molecular formula is C14H11N3O3. The van der Waals surface area contributed by atoms with Crippen LogP contribution in [0.4, 0.5) is 5.69 Å². The van der Waals surface area contributed by atoms with Crippen molar-refractivity contribution in [3.63, 3.8) is 0 Å². The minimum absolute atomic E-state index is 0.0359. The molecule has 20 heavy (non-hydrogen) atoms. The first-order valence-electron chi connectivity index (χ1n) is 5.71. The predicted octanol–water partition coefficient (Wildman–Crippen LogP) is 1.81. The summed E-state index contributed by atoms with van der Waals surface area (Å²) in [6.07, 6.45) is 1.49. The first kappa shape index (κ1) is 13.4. The molecular weight excluding hydrogens is 258 g/mol. The lowest BCUT2D eigenvalue weighted by Crippen LogP contribution is -2.04. The summed E-state index contributed by atoms with van der Waals surface area (Å²) in [5.74, 6) is -0.903. The maximum absolute atomic E-state index is 11.1. The zero-order chi connectivity index (χ0) is 14.5. The maximum atomic E-state index is 11.1. The number of carboxylic acid groups (broad SMARTS) is 1. The van der Waals surface area contributed by atoms with Crippen LogP contribution in [0.5, 0.6) is 5.75 Å². The van der Waals surface area contributed by atoms with E-state index in [1.807, 2.05) is 6.07 Å². The van der Waals surface area contributed by atoms with Gasteiger partial charge >= 0.3 is 5.97 Å². The second kappa shape index (κ2) is 5.71. The van der Waals surface area contributed by atoms with Crippen LogP contribution in [0.25, 0.3) is 0 Å². The van der Waals surface area contributed by atoms with Gasteiger partial charge in [0, 0.05) is 18.0 Å². The Balaban J connectivity index is 2.20. The van der Waals surface area contributed by atoms with Crippen molar-refractivity contribution in [2.24, 2.45) is 0 Å². The molecule has 0 aliphatic heterocycles. The fourth-order valence-electron chi connectivity index (χ4n) is 1.62. The number of rotatable bonds is 4. The zero-order valence-electron chi connectivity index (χ0n) is 10.4. The number of nitriles is 1. The van der Waals surface area contributed by atoms with E-state index < -0.39 is 5.97 Å². The van der Waals surface area contributed by atoms with Gasteiger partial charge in [0.05, 0.1) is 0 Å². The average Bonchev–Trinajstić information content (AvgIpc) is 2.45. The molecule has 0 saturated carbocycles. The number of nitrogens with two attached hydrogens (primary N) is 1. The van der Waals surface area contributed by atoms with E-state index in [4.69, 9.17) is 20.8 Å². The number of hydrogen-bond donors (Lipinski definition) is 2. The van der Waals surface area contributed by atoms with Crippen molar-refractivity contribution in [2.45, 2.75) is 6.61 Å². The zero-order valence-corrected chi connectivity index (χ0v) is 10.4. The summed E-state index contributed by atoms with van der Waals surface area (Å²) in [5.41, 5.74) is 7.06. The van der Waals surface area contributed by atoms with Crippen molar-refractivity contribution in [1.82, 2.24) is 4.98 Å². The van der Waals surface area contributed by atoms with Crippen molar-refractivity contribution in [3.8, 4) is 11.8 Å². The average molecular weight is 269 g/mol. The Morgan fingerprint density at radius 1 is 1.40 bits per heavy atom. The molecule has 1 aromatic carbocycles.